The lowest BCUT2D eigenvalue weighted by Gasteiger charge is -2.12. The third kappa shape index (κ3) is 3.11. The molecule has 0 bridgehead atoms. The third-order valence-electron chi connectivity index (χ3n) is 3.38. The number of rotatable bonds is 4. The van der Waals surface area contributed by atoms with Crippen LogP contribution in [-0.4, -0.2) is 17.0 Å². The number of anilines is 1. The Labute approximate surface area is 123 Å². The van der Waals surface area contributed by atoms with E-state index in [2.05, 4.69) is 5.32 Å². The van der Waals surface area contributed by atoms with Crippen LogP contribution < -0.4 is 5.32 Å². The first-order valence-electron chi connectivity index (χ1n) is 6.76. The van der Waals surface area contributed by atoms with Gasteiger partial charge in [0.1, 0.15) is 0 Å². The summed E-state index contributed by atoms with van der Waals surface area (Å²) < 4.78 is 0. The average Bonchev–Trinajstić information content (AvgIpc) is 2.46. The molecule has 0 saturated heterocycles. The number of aryl methyl sites for hydroxylation is 2. The van der Waals surface area contributed by atoms with E-state index in [1.165, 1.54) is 0 Å². The van der Waals surface area contributed by atoms with Crippen molar-refractivity contribution in [3.63, 3.8) is 0 Å². The summed E-state index contributed by atoms with van der Waals surface area (Å²) in [6, 6.07) is 12.3. The van der Waals surface area contributed by atoms with Gasteiger partial charge >= 0.3 is 5.97 Å². The van der Waals surface area contributed by atoms with Crippen molar-refractivity contribution in [1.82, 2.24) is 0 Å². The number of hydrogen-bond donors (Lipinski definition) is 2. The summed E-state index contributed by atoms with van der Waals surface area (Å²) >= 11 is 0. The lowest BCUT2D eigenvalue weighted by Crippen LogP contribution is -2.17. The summed E-state index contributed by atoms with van der Waals surface area (Å²) in [7, 11) is 0. The normalized spacial score (nSPS) is 10.2. The summed E-state index contributed by atoms with van der Waals surface area (Å²) in [5, 5.41) is 12.0. The van der Waals surface area contributed by atoms with Crippen molar-refractivity contribution in [3.05, 3.63) is 64.7 Å². The maximum absolute atomic E-state index is 12.4. The molecule has 4 nitrogen and oxygen atoms in total. The second-order valence-electron chi connectivity index (χ2n) is 4.77. The van der Waals surface area contributed by atoms with Gasteiger partial charge in [0, 0.05) is 5.56 Å². The molecule has 0 heterocycles. The largest absolute Gasteiger partial charge is 0.478 e. The van der Waals surface area contributed by atoms with Gasteiger partial charge in [0.15, 0.2) is 0 Å². The van der Waals surface area contributed by atoms with Gasteiger partial charge in [-0.2, -0.15) is 0 Å². The van der Waals surface area contributed by atoms with Crippen molar-refractivity contribution in [2.75, 3.05) is 5.32 Å². The van der Waals surface area contributed by atoms with Gasteiger partial charge in [0.25, 0.3) is 5.91 Å². The third-order valence-corrected chi connectivity index (χ3v) is 3.38. The molecule has 2 aromatic rings. The molecule has 2 rings (SSSR count). The smallest absolute Gasteiger partial charge is 0.338 e. The molecule has 108 valence electrons. The SMILES string of the molecule is CCc1ccccc1C(=O)Nc1cccc(C)c1C(=O)O. The predicted molar refractivity (Wildman–Crippen MR) is 81.9 cm³/mol. The topological polar surface area (TPSA) is 66.4 Å². The summed E-state index contributed by atoms with van der Waals surface area (Å²) in [6.45, 7) is 3.68. The van der Waals surface area contributed by atoms with E-state index in [9.17, 15) is 14.7 Å². The van der Waals surface area contributed by atoms with Crippen molar-refractivity contribution >= 4 is 17.6 Å². The van der Waals surface area contributed by atoms with Crippen molar-refractivity contribution in [1.29, 1.82) is 0 Å². The highest BCUT2D eigenvalue weighted by Crippen LogP contribution is 2.21. The van der Waals surface area contributed by atoms with Crippen LogP contribution in [0.5, 0.6) is 0 Å². The van der Waals surface area contributed by atoms with Gasteiger partial charge in [0.05, 0.1) is 11.3 Å². The zero-order chi connectivity index (χ0) is 15.4. The average molecular weight is 283 g/mol. The fraction of sp³-hybridized carbons (Fsp3) is 0.176. The quantitative estimate of drug-likeness (QED) is 0.902. The van der Waals surface area contributed by atoms with Crippen LogP contribution in [0.25, 0.3) is 0 Å². The maximum Gasteiger partial charge on any atom is 0.338 e. The van der Waals surface area contributed by atoms with Crippen LogP contribution in [0.1, 0.15) is 38.8 Å². The predicted octanol–water partition coefficient (Wildman–Crippen LogP) is 3.51. The molecular formula is C17H17NO3. The number of carboxylic acid groups (broad SMARTS) is 1. The van der Waals surface area contributed by atoms with Gasteiger partial charge in [-0.25, -0.2) is 4.79 Å². The number of amides is 1. The number of carbonyl (C=O) groups excluding carboxylic acids is 1. The molecule has 0 aliphatic carbocycles. The lowest BCUT2D eigenvalue weighted by molar-refractivity contribution is 0.0697. The Morgan fingerprint density at radius 2 is 1.81 bits per heavy atom. The van der Waals surface area contributed by atoms with E-state index >= 15 is 0 Å². The lowest BCUT2D eigenvalue weighted by atomic mass is 10.0. The zero-order valence-corrected chi connectivity index (χ0v) is 12.0. The number of benzene rings is 2. The Morgan fingerprint density at radius 3 is 2.48 bits per heavy atom. The zero-order valence-electron chi connectivity index (χ0n) is 12.0. The van der Waals surface area contributed by atoms with E-state index < -0.39 is 5.97 Å². The van der Waals surface area contributed by atoms with Gasteiger partial charge in [-0.15, -0.1) is 0 Å². The van der Waals surface area contributed by atoms with Crippen molar-refractivity contribution in [2.45, 2.75) is 20.3 Å². The number of hydrogen-bond acceptors (Lipinski definition) is 2. The monoisotopic (exact) mass is 283 g/mol. The van der Waals surface area contributed by atoms with E-state index in [1.54, 1.807) is 37.3 Å². The fourth-order valence-electron chi connectivity index (χ4n) is 2.30. The second-order valence-corrected chi connectivity index (χ2v) is 4.77. The van der Waals surface area contributed by atoms with E-state index in [4.69, 9.17) is 0 Å². The fourth-order valence-corrected chi connectivity index (χ4v) is 2.30. The number of aromatic carboxylic acids is 1. The molecule has 1 amide bonds. The summed E-state index contributed by atoms with van der Waals surface area (Å²) in [5.41, 5.74) is 2.56. The molecule has 0 aromatic heterocycles. The Hall–Kier alpha value is -2.62. The van der Waals surface area contributed by atoms with Crippen molar-refractivity contribution in [3.8, 4) is 0 Å². The Morgan fingerprint density at radius 1 is 1.10 bits per heavy atom. The maximum atomic E-state index is 12.4. The van der Waals surface area contributed by atoms with Crippen LogP contribution in [-0.2, 0) is 6.42 Å². The molecule has 0 atom stereocenters. The minimum absolute atomic E-state index is 0.125. The van der Waals surface area contributed by atoms with Crippen LogP contribution in [0.15, 0.2) is 42.5 Å². The van der Waals surface area contributed by atoms with Gasteiger partial charge in [0.2, 0.25) is 0 Å². The van der Waals surface area contributed by atoms with Crippen LogP contribution in [0.2, 0.25) is 0 Å². The molecule has 0 radical (unpaired) electrons. The van der Waals surface area contributed by atoms with Crippen LogP contribution >= 0.6 is 0 Å². The van der Waals surface area contributed by atoms with E-state index in [1.807, 2.05) is 19.1 Å². The highest BCUT2D eigenvalue weighted by molar-refractivity contribution is 6.08. The number of carboxylic acids is 1. The van der Waals surface area contributed by atoms with Crippen LogP contribution in [0.3, 0.4) is 0 Å². The molecule has 0 aliphatic heterocycles. The molecule has 2 N–H and O–H groups in total. The van der Waals surface area contributed by atoms with Gasteiger partial charge in [-0.1, -0.05) is 37.3 Å². The van der Waals surface area contributed by atoms with Gasteiger partial charge in [-0.3, -0.25) is 4.79 Å². The first-order chi connectivity index (χ1) is 10.0. The first-order valence-corrected chi connectivity index (χ1v) is 6.76. The molecule has 21 heavy (non-hydrogen) atoms. The summed E-state index contributed by atoms with van der Waals surface area (Å²) in [6.07, 6.45) is 0.739. The van der Waals surface area contributed by atoms with Crippen LogP contribution in [0, 0.1) is 6.92 Å². The van der Waals surface area contributed by atoms with Crippen LogP contribution in [0.4, 0.5) is 5.69 Å². The Balaban J connectivity index is 2.37. The highest BCUT2D eigenvalue weighted by atomic mass is 16.4. The van der Waals surface area contributed by atoms with Crippen molar-refractivity contribution in [2.24, 2.45) is 0 Å². The molecule has 0 fully saturated rings. The van der Waals surface area contributed by atoms with Crippen molar-refractivity contribution < 1.29 is 14.7 Å². The minimum atomic E-state index is -1.05. The molecule has 0 unspecified atom stereocenters. The molecule has 0 aliphatic rings. The molecule has 0 saturated carbocycles. The van der Waals surface area contributed by atoms with Gasteiger partial charge in [-0.05, 0) is 36.6 Å². The minimum Gasteiger partial charge on any atom is -0.478 e. The molecular weight excluding hydrogens is 266 g/mol. The molecule has 4 heteroatoms. The Bertz CT molecular complexity index is 692. The first kappa shape index (κ1) is 14.8. The van der Waals surface area contributed by atoms with Gasteiger partial charge < -0.3 is 10.4 Å². The standard InChI is InChI=1S/C17H17NO3/c1-3-12-8-4-5-9-13(12)16(19)18-14-10-6-7-11(2)15(14)17(20)21/h4-10H,3H2,1-2H3,(H,18,19)(H,20,21). The van der Waals surface area contributed by atoms with E-state index in [-0.39, 0.29) is 11.5 Å². The Kier molecular flexibility index (Phi) is 4.38. The van der Waals surface area contributed by atoms with E-state index in [0.717, 1.165) is 12.0 Å². The number of nitrogens with one attached hydrogen (secondary N) is 1. The summed E-state index contributed by atoms with van der Waals surface area (Å²) in [4.78, 5) is 23.7. The van der Waals surface area contributed by atoms with E-state index in [0.29, 0.717) is 16.8 Å². The second kappa shape index (κ2) is 6.22. The highest BCUT2D eigenvalue weighted by Gasteiger charge is 2.16. The molecule has 2 aromatic carbocycles. The summed E-state index contributed by atoms with van der Waals surface area (Å²) in [5.74, 6) is -1.34. The number of carbonyl (C=O) groups is 2. The molecule has 0 spiro atoms.